The van der Waals surface area contributed by atoms with Crippen LogP contribution < -0.4 is 10.1 Å². The van der Waals surface area contributed by atoms with Gasteiger partial charge in [-0.25, -0.2) is 0 Å². The summed E-state index contributed by atoms with van der Waals surface area (Å²) in [6.45, 7) is 5.44. The summed E-state index contributed by atoms with van der Waals surface area (Å²) in [5, 5.41) is 3.48. The highest BCUT2D eigenvalue weighted by atomic mass is 16.5. The van der Waals surface area contributed by atoms with Crippen molar-refractivity contribution in [1.82, 2.24) is 10.2 Å². The van der Waals surface area contributed by atoms with Gasteiger partial charge in [0.05, 0.1) is 25.4 Å². The van der Waals surface area contributed by atoms with E-state index in [9.17, 15) is 0 Å². The number of piperidine rings is 1. The van der Waals surface area contributed by atoms with Crippen LogP contribution in [-0.4, -0.2) is 76.7 Å². The summed E-state index contributed by atoms with van der Waals surface area (Å²) in [6, 6.07) is 8.15. The van der Waals surface area contributed by atoms with Crippen LogP contribution in [0.2, 0.25) is 0 Å². The molecule has 1 unspecified atom stereocenters. The number of rotatable bonds is 9. The van der Waals surface area contributed by atoms with Gasteiger partial charge in [0.2, 0.25) is 0 Å². The Labute approximate surface area is 180 Å². The SMILES string of the molecule is CN=C(NCc1ccc(OCCOC)cc1)N1CCC(OCC2CCCCO2)CC1. The Kier molecular flexibility index (Phi) is 9.73. The number of aliphatic imine (C=N–C) groups is 1. The monoisotopic (exact) mass is 419 g/mol. The second kappa shape index (κ2) is 12.8. The third-order valence-corrected chi connectivity index (χ3v) is 5.68. The van der Waals surface area contributed by atoms with Gasteiger partial charge in [-0.2, -0.15) is 0 Å². The Hall–Kier alpha value is -1.83. The molecule has 168 valence electrons. The normalized spacial score (nSPS) is 20.9. The first-order chi connectivity index (χ1) is 14.8. The number of nitrogens with one attached hydrogen (secondary N) is 1. The number of methoxy groups -OCH3 is 1. The van der Waals surface area contributed by atoms with Gasteiger partial charge in [-0.3, -0.25) is 4.99 Å². The number of guanidine groups is 1. The lowest BCUT2D eigenvalue weighted by molar-refractivity contribution is -0.0721. The van der Waals surface area contributed by atoms with Crippen LogP contribution in [0, 0.1) is 0 Å². The Morgan fingerprint density at radius 2 is 1.93 bits per heavy atom. The van der Waals surface area contributed by atoms with Gasteiger partial charge in [0.1, 0.15) is 12.4 Å². The van der Waals surface area contributed by atoms with Gasteiger partial charge in [-0.15, -0.1) is 0 Å². The maximum Gasteiger partial charge on any atom is 0.193 e. The molecule has 0 amide bonds. The van der Waals surface area contributed by atoms with Gasteiger partial charge >= 0.3 is 0 Å². The minimum absolute atomic E-state index is 0.294. The van der Waals surface area contributed by atoms with Gasteiger partial charge in [-0.05, 0) is 49.8 Å². The molecule has 1 atom stereocenters. The first-order valence-corrected chi connectivity index (χ1v) is 11.2. The fourth-order valence-electron chi connectivity index (χ4n) is 3.88. The number of likely N-dealkylation sites (tertiary alicyclic amines) is 1. The third-order valence-electron chi connectivity index (χ3n) is 5.68. The van der Waals surface area contributed by atoms with E-state index in [0.29, 0.717) is 25.4 Å². The number of ether oxygens (including phenoxy) is 4. The topological polar surface area (TPSA) is 64.6 Å². The van der Waals surface area contributed by atoms with E-state index in [2.05, 4.69) is 27.3 Å². The Morgan fingerprint density at radius 1 is 1.13 bits per heavy atom. The summed E-state index contributed by atoms with van der Waals surface area (Å²) >= 11 is 0. The summed E-state index contributed by atoms with van der Waals surface area (Å²) in [4.78, 5) is 6.79. The zero-order chi connectivity index (χ0) is 21.0. The molecule has 0 bridgehead atoms. The fourth-order valence-corrected chi connectivity index (χ4v) is 3.88. The molecule has 0 radical (unpaired) electrons. The maximum atomic E-state index is 6.13. The zero-order valence-electron chi connectivity index (χ0n) is 18.5. The van der Waals surface area contributed by atoms with Crippen LogP contribution in [0.5, 0.6) is 5.75 Å². The zero-order valence-corrected chi connectivity index (χ0v) is 18.5. The van der Waals surface area contributed by atoms with Crippen molar-refractivity contribution in [3.8, 4) is 5.75 Å². The summed E-state index contributed by atoms with van der Waals surface area (Å²) in [5.41, 5.74) is 1.20. The minimum atomic E-state index is 0.294. The van der Waals surface area contributed by atoms with Gasteiger partial charge in [0.25, 0.3) is 0 Å². The van der Waals surface area contributed by atoms with Crippen LogP contribution >= 0.6 is 0 Å². The third kappa shape index (κ3) is 7.45. The van der Waals surface area contributed by atoms with E-state index in [-0.39, 0.29) is 0 Å². The van der Waals surface area contributed by atoms with Crippen molar-refractivity contribution in [3.63, 3.8) is 0 Å². The molecule has 2 heterocycles. The van der Waals surface area contributed by atoms with Crippen LogP contribution in [0.4, 0.5) is 0 Å². The summed E-state index contributed by atoms with van der Waals surface area (Å²) in [6.07, 6.45) is 6.27. The average molecular weight is 420 g/mol. The molecule has 1 aromatic rings. The Morgan fingerprint density at radius 3 is 2.60 bits per heavy atom. The molecule has 0 aliphatic carbocycles. The summed E-state index contributed by atoms with van der Waals surface area (Å²) in [5.74, 6) is 1.81. The van der Waals surface area contributed by atoms with Crippen LogP contribution in [-0.2, 0) is 20.8 Å². The van der Waals surface area contributed by atoms with E-state index >= 15 is 0 Å². The highest BCUT2D eigenvalue weighted by Gasteiger charge is 2.23. The molecule has 3 rings (SSSR count). The molecule has 0 saturated carbocycles. The van der Waals surface area contributed by atoms with E-state index in [0.717, 1.165) is 63.8 Å². The first kappa shape index (κ1) is 22.8. The van der Waals surface area contributed by atoms with Gasteiger partial charge in [0, 0.05) is 40.4 Å². The first-order valence-electron chi connectivity index (χ1n) is 11.2. The van der Waals surface area contributed by atoms with Crippen molar-refractivity contribution in [2.75, 3.05) is 53.7 Å². The Bertz CT molecular complexity index is 624. The number of hydrogen-bond donors (Lipinski definition) is 1. The second-order valence-corrected chi connectivity index (χ2v) is 7.89. The summed E-state index contributed by atoms with van der Waals surface area (Å²) in [7, 11) is 3.52. The van der Waals surface area contributed by atoms with Crippen molar-refractivity contribution >= 4 is 5.96 Å². The minimum Gasteiger partial charge on any atom is -0.491 e. The molecule has 1 aromatic carbocycles. The smallest absolute Gasteiger partial charge is 0.193 e. The van der Waals surface area contributed by atoms with Crippen molar-refractivity contribution in [3.05, 3.63) is 29.8 Å². The fraction of sp³-hybridized carbons (Fsp3) is 0.696. The van der Waals surface area contributed by atoms with Crippen molar-refractivity contribution in [2.45, 2.75) is 50.9 Å². The molecule has 0 spiro atoms. The van der Waals surface area contributed by atoms with E-state index in [1.165, 1.54) is 18.4 Å². The molecule has 2 aliphatic rings. The molecular weight excluding hydrogens is 382 g/mol. The van der Waals surface area contributed by atoms with E-state index in [1.54, 1.807) is 7.11 Å². The molecule has 7 nitrogen and oxygen atoms in total. The maximum absolute atomic E-state index is 6.13. The lowest BCUT2D eigenvalue weighted by atomic mass is 10.1. The van der Waals surface area contributed by atoms with Crippen LogP contribution in [0.25, 0.3) is 0 Å². The molecular formula is C23H37N3O4. The predicted octanol–water partition coefficient (Wildman–Crippen LogP) is 2.84. The number of nitrogens with zero attached hydrogens (tertiary/aromatic N) is 2. The highest BCUT2D eigenvalue weighted by Crippen LogP contribution is 2.18. The van der Waals surface area contributed by atoms with Gasteiger partial charge in [-0.1, -0.05) is 12.1 Å². The largest absolute Gasteiger partial charge is 0.491 e. The average Bonchev–Trinajstić information content (AvgIpc) is 2.81. The Balaban J connectivity index is 1.36. The van der Waals surface area contributed by atoms with Gasteiger partial charge in [0.15, 0.2) is 5.96 Å². The molecule has 30 heavy (non-hydrogen) atoms. The highest BCUT2D eigenvalue weighted by molar-refractivity contribution is 5.79. The molecule has 2 fully saturated rings. The second-order valence-electron chi connectivity index (χ2n) is 7.89. The van der Waals surface area contributed by atoms with E-state index < -0.39 is 0 Å². The van der Waals surface area contributed by atoms with Crippen LogP contribution in [0.1, 0.15) is 37.7 Å². The van der Waals surface area contributed by atoms with Crippen LogP contribution in [0.3, 0.4) is 0 Å². The van der Waals surface area contributed by atoms with Crippen molar-refractivity contribution in [2.24, 2.45) is 4.99 Å². The van der Waals surface area contributed by atoms with Crippen LogP contribution in [0.15, 0.2) is 29.3 Å². The molecule has 1 N–H and O–H groups in total. The standard InChI is InChI=1S/C23H37N3O4/c1-24-23(25-17-19-6-8-20(9-7-19)29-16-15-27-2)26-12-10-21(11-13-26)30-18-22-5-3-4-14-28-22/h6-9,21-22H,3-5,10-18H2,1-2H3,(H,24,25). The molecule has 7 heteroatoms. The van der Waals surface area contributed by atoms with Gasteiger partial charge < -0.3 is 29.2 Å². The lowest BCUT2D eigenvalue weighted by Gasteiger charge is -2.35. The molecule has 2 aliphatic heterocycles. The summed E-state index contributed by atoms with van der Waals surface area (Å²) < 4.78 is 22.5. The van der Waals surface area contributed by atoms with Crippen molar-refractivity contribution < 1.29 is 18.9 Å². The number of benzene rings is 1. The van der Waals surface area contributed by atoms with Crippen molar-refractivity contribution in [1.29, 1.82) is 0 Å². The number of hydrogen-bond acceptors (Lipinski definition) is 5. The van der Waals surface area contributed by atoms with E-state index in [1.807, 2.05) is 19.2 Å². The van der Waals surface area contributed by atoms with E-state index in [4.69, 9.17) is 18.9 Å². The predicted molar refractivity (Wildman–Crippen MR) is 118 cm³/mol. The molecule has 2 saturated heterocycles. The quantitative estimate of drug-likeness (QED) is 0.377. The lowest BCUT2D eigenvalue weighted by Crippen LogP contribution is -2.47. The molecule has 0 aromatic heterocycles.